The molecule has 0 saturated carbocycles. The highest BCUT2D eigenvalue weighted by atomic mass is 16.5. The minimum absolute atomic E-state index is 0.425. The lowest BCUT2D eigenvalue weighted by Crippen LogP contribution is -2.51. The fourth-order valence-electron chi connectivity index (χ4n) is 3.31. The number of rotatable bonds is 7. The maximum atomic E-state index is 10.0. The van der Waals surface area contributed by atoms with Gasteiger partial charge in [0.25, 0.3) is 0 Å². The molecule has 0 aliphatic heterocycles. The van der Waals surface area contributed by atoms with E-state index in [1.54, 1.807) is 6.08 Å². The SMILES string of the molecule is O[C@@H]1[C@@H](O)[C@H](NCc2ccc(Oc3ccc(Oc4ccccc4)cc3)cc2)C=C[C@H]1O. The van der Waals surface area contributed by atoms with Gasteiger partial charge in [0.05, 0.1) is 6.04 Å². The van der Waals surface area contributed by atoms with E-state index in [-0.39, 0.29) is 0 Å². The van der Waals surface area contributed by atoms with Crippen LogP contribution in [0.15, 0.2) is 91.0 Å². The van der Waals surface area contributed by atoms with Gasteiger partial charge in [-0.05, 0) is 54.1 Å². The molecule has 4 N–H and O–H groups in total. The van der Waals surface area contributed by atoms with E-state index in [2.05, 4.69) is 5.32 Å². The first-order valence-electron chi connectivity index (χ1n) is 10.1. The van der Waals surface area contributed by atoms with Gasteiger partial charge in [0, 0.05) is 6.54 Å². The van der Waals surface area contributed by atoms with Crippen LogP contribution in [0.2, 0.25) is 0 Å². The lowest BCUT2D eigenvalue weighted by Gasteiger charge is -2.31. The number of aliphatic hydroxyl groups excluding tert-OH is 3. The number of hydrogen-bond acceptors (Lipinski definition) is 6. The lowest BCUT2D eigenvalue weighted by molar-refractivity contribution is -0.0567. The Morgan fingerprint density at radius 3 is 1.71 bits per heavy atom. The minimum Gasteiger partial charge on any atom is -0.457 e. The van der Waals surface area contributed by atoms with Gasteiger partial charge < -0.3 is 30.1 Å². The van der Waals surface area contributed by atoms with E-state index in [1.807, 2.05) is 78.9 Å². The average molecular weight is 419 g/mol. The highest BCUT2D eigenvalue weighted by Crippen LogP contribution is 2.27. The van der Waals surface area contributed by atoms with E-state index < -0.39 is 24.4 Å². The number of aliphatic hydroxyl groups is 3. The van der Waals surface area contributed by atoms with Crippen molar-refractivity contribution in [3.05, 3.63) is 96.6 Å². The van der Waals surface area contributed by atoms with E-state index >= 15 is 0 Å². The van der Waals surface area contributed by atoms with E-state index in [0.717, 1.165) is 17.1 Å². The van der Waals surface area contributed by atoms with Crippen LogP contribution in [0.5, 0.6) is 23.0 Å². The zero-order chi connectivity index (χ0) is 21.6. The second kappa shape index (κ2) is 9.76. The second-order valence-electron chi connectivity index (χ2n) is 7.40. The number of nitrogens with one attached hydrogen (secondary N) is 1. The predicted octanol–water partition coefficient (Wildman–Crippen LogP) is 3.38. The normalized spacial score (nSPS) is 22.8. The van der Waals surface area contributed by atoms with E-state index in [4.69, 9.17) is 9.47 Å². The van der Waals surface area contributed by atoms with Crippen molar-refractivity contribution < 1.29 is 24.8 Å². The van der Waals surface area contributed by atoms with Crippen LogP contribution in [0.3, 0.4) is 0 Å². The quantitative estimate of drug-likeness (QED) is 0.439. The van der Waals surface area contributed by atoms with Gasteiger partial charge in [-0.2, -0.15) is 0 Å². The summed E-state index contributed by atoms with van der Waals surface area (Å²) in [5.74, 6) is 2.92. The molecule has 0 spiro atoms. The summed E-state index contributed by atoms with van der Waals surface area (Å²) in [7, 11) is 0. The molecule has 160 valence electrons. The largest absolute Gasteiger partial charge is 0.457 e. The predicted molar refractivity (Wildman–Crippen MR) is 117 cm³/mol. The van der Waals surface area contributed by atoms with Crippen molar-refractivity contribution in [1.29, 1.82) is 0 Å². The molecule has 31 heavy (non-hydrogen) atoms. The third-order valence-electron chi connectivity index (χ3n) is 5.09. The van der Waals surface area contributed by atoms with Gasteiger partial charge in [0.15, 0.2) is 0 Å². The van der Waals surface area contributed by atoms with Gasteiger partial charge in [0.2, 0.25) is 0 Å². The van der Waals surface area contributed by atoms with Crippen molar-refractivity contribution in [2.45, 2.75) is 30.9 Å². The molecule has 3 aromatic carbocycles. The van der Waals surface area contributed by atoms with Crippen molar-refractivity contribution in [2.24, 2.45) is 0 Å². The molecule has 4 atom stereocenters. The Labute approximate surface area is 181 Å². The zero-order valence-electron chi connectivity index (χ0n) is 16.8. The molecule has 6 heteroatoms. The molecule has 1 aliphatic rings. The van der Waals surface area contributed by atoms with Gasteiger partial charge in [-0.1, -0.05) is 42.5 Å². The van der Waals surface area contributed by atoms with Crippen LogP contribution in [-0.2, 0) is 6.54 Å². The summed E-state index contributed by atoms with van der Waals surface area (Å²) in [5, 5.41) is 32.5. The molecule has 0 heterocycles. The summed E-state index contributed by atoms with van der Waals surface area (Å²) in [4.78, 5) is 0. The van der Waals surface area contributed by atoms with E-state index in [0.29, 0.717) is 18.0 Å². The van der Waals surface area contributed by atoms with E-state index in [1.165, 1.54) is 6.08 Å². The van der Waals surface area contributed by atoms with Gasteiger partial charge in [-0.25, -0.2) is 0 Å². The standard InChI is InChI=1S/C25H25NO5/c27-23-15-14-22(24(28)25(23)29)26-16-17-6-8-19(9-7-17)31-21-12-10-20(11-13-21)30-18-4-2-1-3-5-18/h1-15,22-29H,16H2/t22-,23-,24+,25+/m1/s1. The number of benzene rings is 3. The minimum atomic E-state index is -1.19. The molecule has 0 unspecified atom stereocenters. The molecule has 0 saturated heterocycles. The van der Waals surface area contributed by atoms with Gasteiger partial charge in [-0.15, -0.1) is 0 Å². The molecule has 0 aromatic heterocycles. The van der Waals surface area contributed by atoms with Gasteiger partial charge in [-0.3, -0.25) is 0 Å². The monoisotopic (exact) mass is 419 g/mol. The van der Waals surface area contributed by atoms with Crippen LogP contribution in [0.25, 0.3) is 0 Å². The van der Waals surface area contributed by atoms with Crippen molar-refractivity contribution >= 4 is 0 Å². The van der Waals surface area contributed by atoms with Gasteiger partial charge >= 0.3 is 0 Å². The Bertz CT molecular complexity index is 989. The van der Waals surface area contributed by atoms with Gasteiger partial charge in [0.1, 0.15) is 41.3 Å². The van der Waals surface area contributed by atoms with Crippen LogP contribution in [0.4, 0.5) is 0 Å². The Kier molecular flexibility index (Phi) is 6.64. The molecule has 4 rings (SSSR count). The molecular formula is C25H25NO5. The van der Waals surface area contributed by atoms with Crippen molar-refractivity contribution in [3.63, 3.8) is 0 Å². The van der Waals surface area contributed by atoms with Crippen molar-refractivity contribution in [3.8, 4) is 23.0 Å². The Balaban J connectivity index is 1.30. The second-order valence-corrected chi connectivity index (χ2v) is 7.40. The summed E-state index contributed by atoms with van der Waals surface area (Å²) in [6.45, 7) is 0.501. The first-order valence-corrected chi connectivity index (χ1v) is 10.1. The summed E-state index contributed by atoms with van der Waals surface area (Å²) < 4.78 is 11.7. The Hall–Kier alpha value is -3.16. The highest BCUT2D eigenvalue weighted by Gasteiger charge is 2.32. The Morgan fingerprint density at radius 1 is 0.613 bits per heavy atom. The number of hydrogen-bond donors (Lipinski definition) is 4. The van der Waals surface area contributed by atoms with Crippen LogP contribution in [0, 0.1) is 0 Å². The maximum Gasteiger partial charge on any atom is 0.127 e. The average Bonchev–Trinajstić information content (AvgIpc) is 2.80. The summed E-state index contributed by atoms with van der Waals surface area (Å²) in [6.07, 6.45) is -0.130. The summed E-state index contributed by atoms with van der Waals surface area (Å²) in [5.41, 5.74) is 1.00. The van der Waals surface area contributed by atoms with Crippen molar-refractivity contribution in [1.82, 2.24) is 5.32 Å². The van der Waals surface area contributed by atoms with Crippen molar-refractivity contribution in [2.75, 3.05) is 0 Å². The molecule has 0 radical (unpaired) electrons. The van der Waals surface area contributed by atoms with E-state index in [9.17, 15) is 15.3 Å². The Morgan fingerprint density at radius 2 is 1.13 bits per heavy atom. The number of ether oxygens (including phenoxy) is 2. The fourth-order valence-corrected chi connectivity index (χ4v) is 3.31. The van der Waals surface area contributed by atoms with Crippen LogP contribution < -0.4 is 14.8 Å². The first-order chi connectivity index (χ1) is 15.1. The zero-order valence-corrected chi connectivity index (χ0v) is 16.8. The smallest absolute Gasteiger partial charge is 0.127 e. The topological polar surface area (TPSA) is 91.2 Å². The van der Waals surface area contributed by atoms with Crippen LogP contribution >= 0.6 is 0 Å². The molecule has 0 bridgehead atoms. The molecular weight excluding hydrogens is 394 g/mol. The molecule has 0 fully saturated rings. The first kappa shape index (κ1) is 21.1. The number of para-hydroxylation sites is 1. The third kappa shape index (κ3) is 5.51. The summed E-state index contributed by atoms with van der Waals surface area (Å²) >= 11 is 0. The maximum absolute atomic E-state index is 10.0. The summed E-state index contributed by atoms with van der Waals surface area (Å²) in [6, 6.07) is 24.2. The molecule has 1 aliphatic carbocycles. The highest BCUT2D eigenvalue weighted by molar-refractivity contribution is 5.38. The van der Waals surface area contributed by atoms with Crippen LogP contribution in [0.1, 0.15) is 5.56 Å². The molecule has 3 aromatic rings. The fraction of sp³-hybridized carbons (Fsp3) is 0.200. The lowest BCUT2D eigenvalue weighted by atomic mass is 9.94. The molecule has 6 nitrogen and oxygen atoms in total. The van der Waals surface area contributed by atoms with Crippen LogP contribution in [-0.4, -0.2) is 39.7 Å². The molecule has 0 amide bonds. The third-order valence-corrected chi connectivity index (χ3v) is 5.09.